The van der Waals surface area contributed by atoms with Crippen molar-refractivity contribution in [3.63, 3.8) is 0 Å². The average molecular weight is 382 g/mol. The van der Waals surface area contributed by atoms with Gasteiger partial charge in [-0.05, 0) is 36.8 Å². The normalized spacial score (nSPS) is 12.5. The van der Waals surface area contributed by atoms with E-state index in [-0.39, 0.29) is 17.7 Å². The van der Waals surface area contributed by atoms with Gasteiger partial charge in [-0.2, -0.15) is 5.10 Å². The molecule has 3 aromatic rings. The molecule has 0 spiro atoms. The van der Waals surface area contributed by atoms with Crippen LogP contribution in [0.2, 0.25) is 0 Å². The molecule has 2 aromatic carbocycles. The molecule has 28 heavy (non-hydrogen) atoms. The third-order valence-corrected chi connectivity index (χ3v) is 4.02. The summed E-state index contributed by atoms with van der Waals surface area (Å²) in [6.07, 6.45) is 2.93. The fraction of sp³-hybridized carbons (Fsp3) is 0.250. The summed E-state index contributed by atoms with van der Waals surface area (Å²) in [6.45, 7) is 2.97. The molecule has 0 amide bonds. The molecule has 1 atom stereocenters. The Hall–Kier alpha value is -3.42. The highest BCUT2D eigenvalue weighted by atomic mass is 19.1. The van der Waals surface area contributed by atoms with Crippen LogP contribution in [0.4, 0.5) is 4.39 Å². The van der Waals surface area contributed by atoms with Gasteiger partial charge >= 0.3 is 0 Å². The number of para-hydroxylation sites is 1. The van der Waals surface area contributed by atoms with E-state index in [2.05, 4.69) is 25.7 Å². The Morgan fingerprint density at radius 2 is 1.96 bits per heavy atom. The first-order valence-electron chi connectivity index (χ1n) is 8.95. The van der Waals surface area contributed by atoms with E-state index in [0.717, 1.165) is 11.3 Å². The molecule has 8 heteroatoms. The van der Waals surface area contributed by atoms with Crippen molar-refractivity contribution in [2.75, 3.05) is 13.6 Å². The number of hydrogen-bond donors (Lipinski definition) is 2. The van der Waals surface area contributed by atoms with Crippen LogP contribution in [0.25, 0.3) is 5.69 Å². The second-order valence-corrected chi connectivity index (χ2v) is 6.17. The molecule has 0 aliphatic heterocycles. The lowest BCUT2D eigenvalue weighted by Gasteiger charge is -2.18. The molecule has 0 aliphatic carbocycles. The molecular formula is C20H23FN6O. The number of nitrogens with zero attached hydrogens (tertiary/aromatic N) is 4. The zero-order valence-electron chi connectivity index (χ0n) is 15.8. The van der Waals surface area contributed by atoms with E-state index in [1.807, 2.05) is 31.2 Å². The van der Waals surface area contributed by atoms with Crippen molar-refractivity contribution in [3.05, 3.63) is 72.6 Å². The van der Waals surface area contributed by atoms with E-state index in [1.54, 1.807) is 36.3 Å². The van der Waals surface area contributed by atoms with Gasteiger partial charge in [0.15, 0.2) is 17.5 Å². The molecule has 1 unspecified atom stereocenters. The largest absolute Gasteiger partial charge is 0.486 e. The Kier molecular flexibility index (Phi) is 6.56. The first-order valence-corrected chi connectivity index (χ1v) is 8.95. The minimum atomic E-state index is -0.369. The molecule has 0 radical (unpaired) electrons. The SMILES string of the molecule is CN=C(NCc1ccc(-n2cncn2)cc1)NCC(C)Oc1ccccc1F. The Labute approximate surface area is 163 Å². The fourth-order valence-corrected chi connectivity index (χ4v) is 2.55. The van der Waals surface area contributed by atoms with Crippen LogP contribution in [-0.4, -0.2) is 40.4 Å². The van der Waals surface area contributed by atoms with Crippen LogP contribution >= 0.6 is 0 Å². The summed E-state index contributed by atoms with van der Waals surface area (Å²) in [5.41, 5.74) is 2.05. The van der Waals surface area contributed by atoms with Gasteiger partial charge in [-0.25, -0.2) is 14.1 Å². The average Bonchev–Trinajstić information content (AvgIpc) is 3.25. The Balaban J connectivity index is 1.46. The molecule has 0 bridgehead atoms. The van der Waals surface area contributed by atoms with Gasteiger partial charge in [-0.1, -0.05) is 24.3 Å². The lowest BCUT2D eigenvalue weighted by atomic mass is 10.2. The minimum Gasteiger partial charge on any atom is -0.486 e. The third kappa shape index (κ3) is 5.29. The number of hydrogen-bond acceptors (Lipinski definition) is 4. The molecule has 0 aliphatic rings. The number of benzene rings is 2. The summed E-state index contributed by atoms with van der Waals surface area (Å²) in [5.74, 6) is 0.516. The first kappa shape index (κ1) is 19.3. The molecule has 1 aromatic heterocycles. The van der Waals surface area contributed by atoms with Gasteiger partial charge in [0.1, 0.15) is 18.8 Å². The fourth-order valence-electron chi connectivity index (χ4n) is 2.55. The zero-order valence-corrected chi connectivity index (χ0v) is 15.8. The molecule has 0 fully saturated rings. The van der Waals surface area contributed by atoms with Gasteiger partial charge in [0, 0.05) is 13.6 Å². The van der Waals surface area contributed by atoms with Crippen LogP contribution < -0.4 is 15.4 Å². The number of aromatic nitrogens is 3. The summed E-state index contributed by atoms with van der Waals surface area (Å²) in [6, 6.07) is 14.4. The van der Waals surface area contributed by atoms with Gasteiger partial charge in [-0.15, -0.1) is 0 Å². The Bertz CT molecular complexity index is 895. The Morgan fingerprint density at radius 1 is 1.18 bits per heavy atom. The van der Waals surface area contributed by atoms with E-state index in [4.69, 9.17) is 4.74 Å². The maximum atomic E-state index is 13.7. The Morgan fingerprint density at radius 3 is 2.64 bits per heavy atom. The van der Waals surface area contributed by atoms with E-state index < -0.39 is 0 Å². The second kappa shape index (κ2) is 9.50. The van der Waals surface area contributed by atoms with Gasteiger partial charge in [-0.3, -0.25) is 4.99 Å². The maximum Gasteiger partial charge on any atom is 0.191 e. The van der Waals surface area contributed by atoms with Gasteiger partial charge in [0.05, 0.1) is 12.2 Å². The monoisotopic (exact) mass is 382 g/mol. The molecule has 1 heterocycles. The topological polar surface area (TPSA) is 76.4 Å². The molecule has 146 valence electrons. The minimum absolute atomic E-state index is 0.225. The van der Waals surface area contributed by atoms with E-state index in [1.165, 1.54) is 12.4 Å². The quantitative estimate of drug-likeness (QED) is 0.485. The summed E-state index contributed by atoms with van der Waals surface area (Å²) in [7, 11) is 1.70. The number of guanidine groups is 1. The predicted molar refractivity (Wildman–Crippen MR) is 106 cm³/mol. The van der Waals surface area contributed by atoms with Crippen LogP contribution in [0.15, 0.2) is 66.2 Å². The maximum absolute atomic E-state index is 13.7. The van der Waals surface area contributed by atoms with E-state index >= 15 is 0 Å². The van der Waals surface area contributed by atoms with Crippen molar-refractivity contribution in [1.29, 1.82) is 0 Å². The summed E-state index contributed by atoms with van der Waals surface area (Å²) in [5, 5.41) is 10.5. The highest BCUT2D eigenvalue weighted by Gasteiger charge is 2.09. The molecule has 3 rings (SSSR count). The van der Waals surface area contributed by atoms with Gasteiger partial charge in [0.25, 0.3) is 0 Å². The predicted octanol–water partition coefficient (Wildman–Crippen LogP) is 2.54. The van der Waals surface area contributed by atoms with E-state index in [0.29, 0.717) is 19.0 Å². The standard InChI is InChI=1S/C20H23FN6O/c1-15(28-19-6-4-3-5-18(19)21)11-24-20(22-2)25-12-16-7-9-17(10-8-16)27-14-23-13-26-27/h3-10,13-15H,11-12H2,1-2H3,(H2,22,24,25). The van der Waals surface area contributed by atoms with Crippen molar-refractivity contribution in [3.8, 4) is 11.4 Å². The van der Waals surface area contributed by atoms with Crippen LogP contribution in [0.5, 0.6) is 5.75 Å². The number of halogens is 1. The second-order valence-electron chi connectivity index (χ2n) is 6.17. The summed E-state index contributed by atoms with van der Waals surface area (Å²) >= 11 is 0. The zero-order chi connectivity index (χ0) is 19.8. The summed E-state index contributed by atoms with van der Waals surface area (Å²) < 4.78 is 21.0. The molecular weight excluding hydrogens is 359 g/mol. The number of aliphatic imine (C=N–C) groups is 1. The smallest absolute Gasteiger partial charge is 0.191 e. The lowest BCUT2D eigenvalue weighted by molar-refractivity contribution is 0.214. The molecule has 0 saturated carbocycles. The van der Waals surface area contributed by atoms with Crippen molar-refractivity contribution in [2.24, 2.45) is 4.99 Å². The van der Waals surface area contributed by atoms with Crippen LogP contribution in [0.3, 0.4) is 0 Å². The number of nitrogens with one attached hydrogen (secondary N) is 2. The van der Waals surface area contributed by atoms with Crippen molar-refractivity contribution in [1.82, 2.24) is 25.4 Å². The van der Waals surface area contributed by atoms with Crippen molar-refractivity contribution >= 4 is 5.96 Å². The number of rotatable bonds is 7. The van der Waals surface area contributed by atoms with Crippen LogP contribution in [-0.2, 0) is 6.54 Å². The van der Waals surface area contributed by atoms with Crippen LogP contribution in [0.1, 0.15) is 12.5 Å². The van der Waals surface area contributed by atoms with Crippen molar-refractivity contribution < 1.29 is 9.13 Å². The summed E-state index contributed by atoms with van der Waals surface area (Å²) in [4.78, 5) is 8.14. The molecule has 0 saturated heterocycles. The lowest BCUT2D eigenvalue weighted by Crippen LogP contribution is -2.41. The van der Waals surface area contributed by atoms with Gasteiger partial charge < -0.3 is 15.4 Å². The van der Waals surface area contributed by atoms with E-state index in [9.17, 15) is 4.39 Å². The number of ether oxygens (including phenoxy) is 1. The molecule has 2 N–H and O–H groups in total. The highest BCUT2D eigenvalue weighted by Crippen LogP contribution is 2.16. The van der Waals surface area contributed by atoms with Crippen molar-refractivity contribution in [2.45, 2.75) is 19.6 Å². The third-order valence-electron chi connectivity index (χ3n) is 4.02. The molecule has 7 nitrogen and oxygen atoms in total. The highest BCUT2D eigenvalue weighted by molar-refractivity contribution is 5.79. The van der Waals surface area contributed by atoms with Crippen LogP contribution in [0, 0.1) is 5.82 Å². The van der Waals surface area contributed by atoms with Gasteiger partial charge in [0.2, 0.25) is 0 Å². The first-order chi connectivity index (χ1) is 13.7.